The minimum atomic E-state index is -0.153. The number of morpholine rings is 1. The van der Waals surface area contributed by atoms with Crippen LogP contribution in [0.1, 0.15) is 5.56 Å². The SMILES string of the molecule is CN(C(=O)N1CCc2c(-c3cnc(N)nc3)nc(N3CCOCC3)nc21)c1ccc(N2CCN(CCO)CC2)cc1. The Morgan fingerprint density at radius 1 is 0.976 bits per heavy atom. The lowest BCUT2D eigenvalue weighted by Crippen LogP contribution is -2.47. The monoisotopic (exact) mass is 560 g/mol. The number of rotatable bonds is 6. The molecule has 2 aromatic heterocycles. The standard InChI is InChI=1S/C28H36N10O3/c1-34(21-2-4-22(5-3-21)36-10-8-35(9-11-36)12-15-39)28(40)38-7-6-23-24(20-18-30-26(29)31-19-20)32-27(33-25(23)38)37-13-16-41-17-14-37/h2-5,18-19,39H,6-17H2,1H3,(H2,29,30,31). The Bertz CT molecular complexity index is 1360. The van der Waals surface area contributed by atoms with Crippen LogP contribution in [0.25, 0.3) is 11.3 Å². The number of aromatic nitrogens is 4. The molecule has 3 N–H and O–H groups in total. The first-order chi connectivity index (χ1) is 20.0. The molecule has 1 aromatic carbocycles. The van der Waals surface area contributed by atoms with Crippen molar-refractivity contribution in [3.63, 3.8) is 0 Å². The molecule has 0 aliphatic carbocycles. The number of ether oxygens (including phenoxy) is 1. The number of amides is 2. The predicted octanol–water partition coefficient (Wildman–Crippen LogP) is 1.09. The van der Waals surface area contributed by atoms with Gasteiger partial charge >= 0.3 is 6.03 Å². The maximum atomic E-state index is 13.9. The second-order valence-electron chi connectivity index (χ2n) is 10.4. The second kappa shape index (κ2) is 11.8. The van der Waals surface area contributed by atoms with Crippen molar-refractivity contribution in [1.82, 2.24) is 24.8 Å². The number of urea groups is 1. The van der Waals surface area contributed by atoms with Crippen LogP contribution in [0.3, 0.4) is 0 Å². The van der Waals surface area contributed by atoms with Gasteiger partial charge in [0.05, 0.1) is 25.5 Å². The highest BCUT2D eigenvalue weighted by Gasteiger charge is 2.33. The number of hydrogen-bond donors (Lipinski definition) is 2. The van der Waals surface area contributed by atoms with Crippen LogP contribution in [-0.4, -0.2) is 115 Å². The lowest BCUT2D eigenvalue weighted by Gasteiger charge is -2.36. The molecule has 2 saturated heterocycles. The van der Waals surface area contributed by atoms with Gasteiger partial charge in [-0.2, -0.15) is 4.98 Å². The second-order valence-corrected chi connectivity index (χ2v) is 10.4. The third-order valence-electron chi connectivity index (χ3n) is 7.96. The van der Waals surface area contributed by atoms with Crippen LogP contribution < -0.4 is 25.3 Å². The summed E-state index contributed by atoms with van der Waals surface area (Å²) in [5, 5.41) is 9.20. The molecular formula is C28H36N10O3. The minimum Gasteiger partial charge on any atom is -0.395 e. The van der Waals surface area contributed by atoms with Crippen LogP contribution in [0, 0.1) is 0 Å². The van der Waals surface area contributed by atoms with Crippen LogP contribution in [0.4, 0.5) is 33.9 Å². The first-order valence-electron chi connectivity index (χ1n) is 14.1. The fourth-order valence-corrected chi connectivity index (χ4v) is 5.58. The zero-order chi connectivity index (χ0) is 28.3. The number of nitrogens with two attached hydrogens (primary N) is 1. The van der Waals surface area contributed by atoms with Crippen molar-refractivity contribution < 1.29 is 14.6 Å². The zero-order valence-electron chi connectivity index (χ0n) is 23.3. The molecule has 0 bridgehead atoms. The van der Waals surface area contributed by atoms with E-state index in [1.807, 2.05) is 12.1 Å². The summed E-state index contributed by atoms with van der Waals surface area (Å²) >= 11 is 0. The summed E-state index contributed by atoms with van der Waals surface area (Å²) in [6.07, 6.45) is 3.95. The number of aliphatic hydroxyl groups excluding tert-OH is 1. The third kappa shape index (κ3) is 5.60. The molecule has 3 aromatic rings. The normalized spacial score (nSPS) is 17.6. The quantitative estimate of drug-likeness (QED) is 0.448. The number of nitrogen functional groups attached to an aromatic ring is 1. The van der Waals surface area contributed by atoms with Gasteiger partial charge in [-0.1, -0.05) is 0 Å². The molecule has 0 radical (unpaired) electrons. The van der Waals surface area contributed by atoms with E-state index in [1.54, 1.807) is 29.2 Å². The lowest BCUT2D eigenvalue weighted by atomic mass is 10.1. The van der Waals surface area contributed by atoms with Crippen LogP contribution in [0.15, 0.2) is 36.7 Å². The van der Waals surface area contributed by atoms with E-state index in [4.69, 9.17) is 20.4 Å². The van der Waals surface area contributed by atoms with Crippen molar-refractivity contribution in [3.8, 4) is 11.3 Å². The van der Waals surface area contributed by atoms with E-state index < -0.39 is 0 Å². The van der Waals surface area contributed by atoms with E-state index in [0.29, 0.717) is 57.6 Å². The number of fused-ring (bicyclic) bond motifs is 1. The summed E-state index contributed by atoms with van der Waals surface area (Å²) < 4.78 is 5.53. The van der Waals surface area contributed by atoms with Gasteiger partial charge in [0.1, 0.15) is 5.82 Å². The van der Waals surface area contributed by atoms with Gasteiger partial charge in [0.15, 0.2) is 0 Å². The van der Waals surface area contributed by atoms with E-state index in [-0.39, 0.29) is 18.6 Å². The Balaban J connectivity index is 1.24. The summed E-state index contributed by atoms with van der Waals surface area (Å²) in [5.41, 5.74) is 10.0. The molecule has 2 fully saturated rings. The molecule has 3 aliphatic heterocycles. The summed E-state index contributed by atoms with van der Waals surface area (Å²) in [5.74, 6) is 1.37. The number of piperazine rings is 1. The van der Waals surface area contributed by atoms with E-state index >= 15 is 0 Å². The fraction of sp³-hybridized carbons (Fsp3) is 0.464. The van der Waals surface area contributed by atoms with Crippen molar-refractivity contribution in [2.24, 2.45) is 0 Å². The van der Waals surface area contributed by atoms with Crippen molar-refractivity contribution in [1.29, 1.82) is 0 Å². The molecule has 13 heteroatoms. The van der Waals surface area contributed by atoms with E-state index in [2.05, 4.69) is 36.8 Å². The Hall–Kier alpha value is -4.07. The number of carbonyl (C=O) groups is 1. The van der Waals surface area contributed by atoms with E-state index in [0.717, 1.165) is 54.4 Å². The molecule has 0 atom stereocenters. The maximum Gasteiger partial charge on any atom is 0.329 e. The van der Waals surface area contributed by atoms with Crippen LogP contribution >= 0.6 is 0 Å². The lowest BCUT2D eigenvalue weighted by molar-refractivity contribution is 0.122. The van der Waals surface area contributed by atoms with Gasteiger partial charge in [-0.3, -0.25) is 14.7 Å². The number of anilines is 5. The van der Waals surface area contributed by atoms with Gasteiger partial charge in [0, 0.05) is 94.3 Å². The largest absolute Gasteiger partial charge is 0.395 e. The number of hydrogen-bond acceptors (Lipinski definition) is 11. The average Bonchev–Trinajstić information content (AvgIpc) is 3.45. The average molecular weight is 561 g/mol. The molecule has 5 heterocycles. The molecule has 13 nitrogen and oxygen atoms in total. The Labute approximate surface area is 239 Å². The van der Waals surface area contributed by atoms with Crippen molar-refractivity contribution in [2.45, 2.75) is 6.42 Å². The van der Waals surface area contributed by atoms with Gasteiger partial charge in [-0.15, -0.1) is 0 Å². The molecule has 3 aliphatic rings. The van der Waals surface area contributed by atoms with E-state index in [9.17, 15) is 9.90 Å². The Morgan fingerprint density at radius 2 is 1.68 bits per heavy atom. The number of aliphatic hydroxyl groups is 1. The number of benzene rings is 1. The van der Waals surface area contributed by atoms with Crippen molar-refractivity contribution in [3.05, 3.63) is 42.2 Å². The summed E-state index contributed by atoms with van der Waals surface area (Å²) in [7, 11) is 1.79. The number of carbonyl (C=O) groups excluding carboxylic acids is 1. The van der Waals surface area contributed by atoms with Gasteiger partial charge < -0.3 is 25.4 Å². The highest BCUT2D eigenvalue weighted by molar-refractivity contribution is 6.04. The molecular weight excluding hydrogens is 524 g/mol. The molecule has 41 heavy (non-hydrogen) atoms. The molecule has 0 saturated carbocycles. The fourth-order valence-electron chi connectivity index (χ4n) is 5.58. The maximum absolute atomic E-state index is 13.9. The first-order valence-corrected chi connectivity index (χ1v) is 14.1. The van der Waals surface area contributed by atoms with Gasteiger partial charge in [0.25, 0.3) is 0 Å². The minimum absolute atomic E-state index is 0.153. The smallest absolute Gasteiger partial charge is 0.329 e. The van der Waals surface area contributed by atoms with Crippen LogP contribution in [0.5, 0.6) is 0 Å². The summed E-state index contributed by atoms with van der Waals surface area (Å²) in [4.78, 5) is 42.1. The van der Waals surface area contributed by atoms with Crippen molar-refractivity contribution in [2.75, 3.05) is 105 Å². The number of β-amino-alcohol motifs (C(OH)–C–C–N with tert-alkyl or cyclic N) is 1. The third-order valence-corrected chi connectivity index (χ3v) is 7.96. The van der Waals surface area contributed by atoms with Gasteiger partial charge in [-0.05, 0) is 30.7 Å². The molecule has 6 rings (SSSR count). The molecule has 216 valence electrons. The number of nitrogens with zero attached hydrogens (tertiary/aromatic N) is 9. The highest BCUT2D eigenvalue weighted by atomic mass is 16.5. The first kappa shape index (κ1) is 27.1. The van der Waals surface area contributed by atoms with Gasteiger partial charge in [-0.25, -0.2) is 19.7 Å². The van der Waals surface area contributed by atoms with Crippen LogP contribution in [-0.2, 0) is 11.2 Å². The summed E-state index contributed by atoms with van der Waals surface area (Å²) in [6, 6.07) is 7.95. The topological polar surface area (TPSA) is 140 Å². The van der Waals surface area contributed by atoms with Gasteiger partial charge in [0.2, 0.25) is 11.9 Å². The Morgan fingerprint density at radius 3 is 2.37 bits per heavy atom. The molecule has 0 unspecified atom stereocenters. The Kier molecular flexibility index (Phi) is 7.81. The van der Waals surface area contributed by atoms with E-state index in [1.165, 1.54) is 0 Å². The molecule has 2 amide bonds. The van der Waals surface area contributed by atoms with Crippen molar-refractivity contribution >= 4 is 35.1 Å². The predicted molar refractivity (Wildman–Crippen MR) is 158 cm³/mol. The summed E-state index contributed by atoms with van der Waals surface area (Å²) in [6.45, 7) is 7.61. The van der Waals surface area contributed by atoms with Crippen LogP contribution in [0.2, 0.25) is 0 Å². The molecule has 0 spiro atoms. The zero-order valence-corrected chi connectivity index (χ0v) is 23.3. The highest BCUT2D eigenvalue weighted by Crippen LogP contribution is 2.36.